The Balaban J connectivity index is 3.43. The van der Waals surface area contributed by atoms with Crippen LogP contribution in [-0.4, -0.2) is 13.1 Å². The lowest BCUT2D eigenvalue weighted by molar-refractivity contribution is 0.439. The second kappa shape index (κ2) is 5.63. The van der Waals surface area contributed by atoms with Crippen LogP contribution in [0.15, 0.2) is 0 Å². The van der Waals surface area contributed by atoms with Gasteiger partial charge in [-0.25, -0.2) is 0 Å². The van der Waals surface area contributed by atoms with Crippen molar-refractivity contribution < 1.29 is 0 Å². The molecule has 0 saturated heterocycles. The van der Waals surface area contributed by atoms with Gasteiger partial charge in [0.15, 0.2) is 0 Å². The topological polar surface area (TPSA) is 35.8 Å². The average Bonchev–Trinajstić information content (AvgIpc) is 2.04. The molecular formula is C10H16N2. The van der Waals surface area contributed by atoms with Crippen LogP contribution in [-0.2, 0) is 0 Å². The first-order valence-corrected chi connectivity index (χ1v) is 4.14. The molecule has 0 aromatic rings. The molecule has 12 heavy (non-hydrogen) atoms. The van der Waals surface area contributed by atoms with Gasteiger partial charge in [-0.1, -0.05) is 5.92 Å². The minimum atomic E-state index is -0.216. The molecule has 0 unspecified atom stereocenters. The number of hydrogen-bond donors (Lipinski definition) is 1. The zero-order chi connectivity index (χ0) is 9.45. The lowest BCUT2D eigenvalue weighted by Gasteiger charge is -2.13. The fraction of sp³-hybridized carbons (Fsp3) is 0.700. The van der Waals surface area contributed by atoms with E-state index in [-0.39, 0.29) is 5.41 Å². The van der Waals surface area contributed by atoms with Crippen LogP contribution in [0.3, 0.4) is 0 Å². The molecule has 0 spiro atoms. The second-order valence-corrected chi connectivity index (χ2v) is 3.35. The first-order chi connectivity index (χ1) is 5.62. The molecular weight excluding hydrogens is 148 g/mol. The maximum Gasteiger partial charge on any atom is 0.0684 e. The van der Waals surface area contributed by atoms with Crippen molar-refractivity contribution in [3.8, 4) is 17.9 Å². The third-order valence-electron chi connectivity index (χ3n) is 1.62. The number of hydrogen-bond acceptors (Lipinski definition) is 2. The molecule has 0 amide bonds. The van der Waals surface area contributed by atoms with Crippen molar-refractivity contribution in [2.75, 3.05) is 13.1 Å². The van der Waals surface area contributed by atoms with Gasteiger partial charge < -0.3 is 5.32 Å². The predicted molar refractivity (Wildman–Crippen MR) is 50.3 cm³/mol. The van der Waals surface area contributed by atoms with E-state index in [2.05, 4.69) is 23.2 Å². The Morgan fingerprint density at radius 1 is 1.42 bits per heavy atom. The summed E-state index contributed by atoms with van der Waals surface area (Å²) in [7, 11) is 0. The molecule has 0 bridgehead atoms. The van der Waals surface area contributed by atoms with Gasteiger partial charge in [-0.05, 0) is 33.7 Å². The first-order valence-electron chi connectivity index (χ1n) is 4.14. The third-order valence-corrected chi connectivity index (χ3v) is 1.62. The van der Waals surface area contributed by atoms with E-state index >= 15 is 0 Å². The highest BCUT2D eigenvalue weighted by molar-refractivity contribution is 4.97. The molecule has 2 nitrogen and oxygen atoms in total. The van der Waals surface area contributed by atoms with E-state index in [0.29, 0.717) is 0 Å². The van der Waals surface area contributed by atoms with Crippen LogP contribution in [0.1, 0.15) is 27.2 Å². The van der Waals surface area contributed by atoms with Crippen LogP contribution in [0.4, 0.5) is 0 Å². The summed E-state index contributed by atoms with van der Waals surface area (Å²) < 4.78 is 0. The van der Waals surface area contributed by atoms with Crippen molar-refractivity contribution in [3.63, 3.8) is 0 Å². The van der Waals surface area contributed by atoms with Gasteiger partial charge in [-0.15, -0.1) is 5.92 Å². The van der Waals surface area contributed by atoms with Gasteiger partial charge in [-0.3, -0.25) is 0 Å². The van der Waals surface area contributed by atoms with Gasteiger partial charge in [0, 0.05) is 0 Å². The minimum Gasteiger partial charge on any atom is -0.306 e. The van der Waals surface area contributed by atoms with Crippen LogP contribution in [0.25, 0.3) is 0 Å². The van der Waals surface area contributed by atoms with E-state index in [1.807, 2.05) is 20.8 Å². The van der Waals surface area contributed by atoms with Gasteiger partial charge >= 0.3 is 0 Å². The SMILES string of the molecule is CC#CCNCCC(C)(C)C#N. The zero-order valence-corrected chi connectivity index (χ0v) is 8.07. The van der Waals surface area contributed by atoms with Gasteiger partial charge in [0.05, 0.1) is 18.0 Å². The standard InChI is InChI=1S/C10H16N2/c1-4-5-7-12-8-6-10(2,3)9-11/h12H,6-8H2,1-3H3. The predicted octanol–water partition coefficient (Wildman–Crippen LogP) is 1.54. The Labute approximate surface area is 75.0 Å². The number of nitrogens with zero attached hydrogens (tertiary/aromatic N) is 1. The maximum atomic E-state index is 8.69. The van der Waals surface area contributed by atoms with Crippen LogP contribution < -0.4 is 5.32 Å². The Morgan fingerprint density at radius 3 is 2.58 bits per heavy atom. The molecule has 0 aliphatic heterocycles. The summed E-state index contributed by atoms with van der Waals surface area (Å²) >= 11 is 0. The molecule has 0 aliphatic rings. The van der Waals surface area contributed by atoms with Crippen molar-refractivity contribution >= 4 is 0 Å². The van der Waals surface area contributed by atoms with E-state index < -0.39 is 0 Å². The van der Waals surface area contributed by atoms with Crippen LogP contribution in [0.2, 0.25) is 0 Å². The number of nitrogens with one attached hydrogen (secondary N) is 1. The summed E-state index contributed by atoms with van der Waals surface area (Å²) in [6.45, 7) is 7.29. The summed E-state index contributed by atoms with van der Waals surface area (Å²) in [5.41, 5.74) is -0.216. The largest absolute Gasteiger partial charge is 0.306 e. The molecule has 0 aromatic heterocycles. The number of nitriles is 1. The molecule has 0 atom stereocenters. The lowest BCUT2D eigenvalue weighted by atomic mass is 9.92. The van der Waals surface area contributed by atoms with Crippen molar-refractivity contribution in [2.24, 2.45) is 5.41 Å². The molecule has 0 rings (SSSR count). The molecule has 66 valence electrons. The second-order valence-electron chi connectivity index (χ2n) is 3.35. The summed E-state index contributed by atoms with van der Waals surface area (Å²) in [4.78, 5) is 0. The Morgan fingerprint density at radius 2 is 2.08 bits per heavy atom. The molecule has 0 aliphatic carbocycles. The molecule has 2 heteroatoms. The maximum absolute atomic E-state index is 8.69. The van der Waals surface area contributed by atoms with E-state index in [0.717, 1.165) is 19.5 Å². The summed E-state index contributed by atoms with van der Waals surface area (Å²) in [5.74, 6) is 5.71. The van der Waals surface area contributed by atoms with Crippen LogP contribution in [0, 0.1) is 28.6 Å². The van der Waals surface area contributed by atoms with Crippen molar-refractivity contribution in [2.45, 2.75) is 27.2 Å². The summed E-state index contributed by atoms with van der Waals surface area (Å²) in [6.07, 6.45) is 0.870. The van der Waals surface area contributed by atoms with Crippen molar-refractivity contribution in [1.29, 1.82) is 5.26 Å². The lowest BCUT2D eigenvalue weighted by Crippen LogP contribution is -2.21. The first kappa shape index (κ1) is 11.0. The van der Waals surface area contributed by atoms with Gasteiger partial charge in [-0.2, -0.15) is 5.26 Å². The van der Waals surface area contributed by atoms with Gasteiger partial charge in [0.25, 0.3) is 0 Å². The number of rotatable bonds is 4. The monoisotopic (exact) mass is 164 g/mol. The highest BCUT2D eigenvalue weighted by atomic mass is 14.8. The van der Waals surface area contributed by atoms with E-state index in [4.69, 9.17) is 5.26 Å². The van der Waals surface area contributed by atoms with E-state index in [9.17, 15) is 0 Å². The fourth-order valence-electron chi connectivity index (χ4n) is 0.696. The van der Waals surface area contributed by atoms with Crippen LogP contribution in [0.5, 0.6) is 0 Å². The third kappa shape index (κ3) is 5.77. The fourth-order valence-corrected chi connectivity index (χ4v) is 0.696. The average molecular weight is 164 g/mol. The Kier molecular flexibility index (Phi) is 5.17. The molecule has 1 N–H and O–H groups in total. The van der Waals surface area contributed by atoms with Crippen molar-refractivity contribution in [1.82, 2.24) is 5.32 Å². The van der Waals surface area contributed by atoms with Gasteiger partial charge in [0.2, 0.25) is 0 Å². The molecule has 0 heterocycles. The smallest absolute Gasteiger partial charge is 0.0684 e. The highest BCUT2D eigenvalue weighted by Crippen LogP contribution is 2.16. The minimum absolute atomic E-state index is 0.216. The Bertz CT molecular complexity index is 212. The molecule has 0 radical (unpaired) electrons. The van der Waals surface area contributed by atoms with Gasteiger partial charge in [0.1, 0.15) is 0 Å². The normalized spacial score (nSPS) is 9.83. The Hall–Kier alpha value is -0.990. The molecule has 0 aromatic carbocycles. The zero-order valence-electron chi connectivity index (χ0n) is 8.07. The molecule has 0 fully saturated rings. The quantitative estimate of drug-likeness (QED) is 0.505. The summed E-state index contributed by atoms with van der Waals surface area (Å²) in [5, 5.41) is 11.8. The van der Waals surface area contributed by atoms with Crippen LogP contribution >= 0.6 is 0 Å². The summed E-state index contributed by atoms with van der Waals surface area (Å²) in [6, 6.07) is 2.26. The highest BCUT2D eigenvalue weighted by Gasteiger charge is 2.14. The van der Waals surface area contributed by atoms with E-state index in [1.165, 1.54) is 0 Å². The van der Waals surface area contributed by atoms with Crippen molar-refractivity contribution in [3.05, 3.63) is 0 Å². The van der Waals surface area contributed by atoms with E-state index in [1.54, 1.807) is 0 Å². The molecule has 0 saturated carbocycles.